The zero-order valence-corrected chi connectivity index (χ0v) is 10.1. The lowest BCUT2D eigenvalue weighted by Gasteiger charge is -2.19. The summed E-state index contributed by atoms with van der Waals surface area (Å²) in [6.45, 7) is 5.42. The van der Waals surface area contributed by atoms with Crippen LogP contribution >= 0.6 is 0 Å². The topological polar surface area (TPSA) is 84.2 Å². The van der Waals surface area contributed by atoms with Crippen molar-refractivity contribution in [1.29, 1.82) is 0 Å². The molecule has 2 atom stereocenters. The molecule has 5 nitrogen and oxygen atoms in total. The van der Waals surface area contributed by atoms with Crippen molar-refractivity contribution >= 4 is 11.8 Å². The third-order valence-corrected chi connectivity index (χ3v) is 2.70. The lowest BCUT2D eigenvalue weighted by molar-refractivity contribution is -0.129. The molecular formula is C11H21N3O2. The van der Waals surface area contributed by atoms with Crippen LogP contribution in [0.4, 0.5) is 0 Å². The number of rotatable bonds is 5. The second kappa shape index (κ2) is 5.30. The third-order valence-electron chi connectivity index (χ3n) is 2.70. The first-order chi connectivity index (χ1) is 7.41. The highest BCUT2D eigenvalue weighted by atomic mass is 16.2. The van der Waals surface area contributed by atoms with Gasteiger partial charge < -0.3 is 16.4 Å². The normalized spacial score (nSPS) is 19.1. The SMILES string of the molecule is CC(NC(=O)[C@@H](N)C(C)C)C(=O)NC1CC1. The standard InChI is InChI=1S/C11H21N3O2/c1-6(2)9(12)11(16)13-7(3)10(15)14-8-4-5-8/h6-9H,4-5,12H2,1-3H3,(H,13,16)(H,14,15)/t7?,9-/m0/s1. The first-order valence-corrected chi connectivity index (χ1v) is 5.78. The van der Waals surface area contributed by atoms with Crippen LogP contribution in [0.15, 0.2) is 0 Å². The molecule has 4 N–H and O–H groups in total. The van der Waals surface area contributed by atoms with Crippen LogP contribution in [0.2, 0.25) is 0 Å². The zero-order chi connectivity index (χ0) is 12.3. The minimum absolute atomic E-state index is 0.0682. The van der Waals surface area contributed by atoms with Gasteiger partial charge >= 0.3 is 0 Å². The molecule has 0 aromatic carbocycles. The molecule has 5 heteroatoms. The molecule has 0 aromatic heterocycles. The van der Waals surface area contributed by atoms with Gasteiger partial charge in [-0.15, -0.1) is 0 Å². The number of amides is 2. The van der Waals surface area contributed by atoms with Crippen LogP contribution in [-0.4, -0.2) is 29.9 Å². The van der Waals surface area contributed by atoms with Gasteiger partial charge in [0, 0.05) is 6.04 Å². The van der Waals surface area contributed by atoms with Crippen molar-refractivity contribution in [3.63, 3.8) is 0 Å². The van der Waals surface area contributed by atoms with E-state index in [1.54, 1.807) is 6.92 Å². The van der Waals surface area contributed by atoms with E-state index in [4.69, 9.17) is 5.73 Å². The molecule has 2 amide bonds. The highest BCUT2D eigenvalue weighted by Crippen LogP contribution is 2.18. The number of hydrogen-bond donors (Lipinski definition) is 3. The van der Waals surface area contributed by atoms with Gasteiger partial charge in [0.25, 0.3) is 0 Å². The smallest absolute Gasteiger partial charge is 0.242 e. The fraction of sp³-hybridized carbons (Fsp3) is 0.818. The molecule has 1 saturated carbocycles. The van der Waals surface area contributed by atoms with E-state index < -0.39 is 12.1 Å². The molecule has 0 bridgehead atoms. The summed E-state index contributed by atoms with van der Waals surface area (Å²) in [5.74, 6) is -0.334. The lowest BCUT2D eigenvalue weighted by Crippen LogP contribution is -2.52. The van der Waals surface area contributed by atoms with Gasteiger partial charge in [0.15, 0.2) is 0 Å². The van der Waals surface area contributed by atoms with E-state index in [-0.39, 0.29) is 17.7 Å². The molecule has 1 aliphatic rings. The number of nitrogens with two attached hydrogens (primary N) is 1. The summed E-state index contributed by atoms with van der Waals surface area (Å²) in [5, 5.41) is 5.45. The molecule has 1 unspecified atom stereocenters. The maximum Gasteiger partial charge on any atom is 0.242 e. The summed E-state index contributed by atoms with van der Waals surface area (Å²) in [5.41, 5.74) is 5.68. The van der Waals surface area contributed by atoms with E-state index in [1.165, 1.54) is 0 Å². The third kappa shape index (κ3) is 3.81. The van der Waals surface area contributed by atoms with Gasteiger partial charge in [0.2, 0.25) is 11.8 Å². The Labute approximate surface area is 96.1 Å². The average Bonchev–Trinajstić information content (AvgIpc) is 2.99. The van der Waals surface area contributed by atoms with E-state index in [9.17, 15) is 9.59 Å². The number of nitrogens with one attached hydrogen (secondary N) is 2. The van der Waals surface area contributed by atoms with Crippen LogP contribution in [0.5, 0.6) is 0 Å². The molecule has 1 rings (SSSR count). The summed E-state index contributed by atoms with van der Waals surface area (Å²) >= 11 is 0. The van der Waals surface area contributed by atoms with Gasteiger partial charge in [-0.05, 0) is 25.7 Å². The Bertz CT molecular complexity index is 274. The molecule has 1 fully saturated rings. The minimum atomic E-state index is -0.559. The second-order valence-electron chi connectivity index (χ2n) is 4.78. The van der Waals surface area contributed by atoms with E-state index in [0.717, 1.165) is 12.8 Å². The highest BCUT2D eigenvalue weighted by Gasteiger charge is 2.27. The summed E-state index contributed by atoms with van der Waals surface area (Å²) in [6, 6.07) is -0.764. The Balaban J connectivity index is 2.34. The van der Waals surface area contributed by atoms with Crippen molar-refractivity contribution < 1.29 is 9.59 Å². The van der Waals surface area contributed by atoms with E-state index in [1.807, 2.05) is 13.8 Å². The fourth-order valence-electron chi connectivity index (χ4n) is 1.23. The van der Waals surface area contributed by atoms with Crippen molar-refractivity contribution in [1.82, 2.24) is 10.6 Å². The molecular weight excluding hydrogens is 206 g/mol. The molecule has 0 spiro atoms. The Morgan fingerprint density at radius 2 is 1.75 bits per heavy atom. The Morgan fingerprint density at radius 3 is 2.19 bits per heavy atom. The van der Waals surface area contributed by atoms with E-state index in [2.05, 4.69) is 10.6 Å². The predicted molar refractivity (Wildman–Crippen MR) is 61.6 cm³/mol. The maximum atomic E-state index is 11.6. The second-order valence-corrected chi connectivity index (χ2v) is 4.78. The fourth-order valence-corrected chi connectivity index (χ4v) is 1.23. The number of carbonyl (C=O) groups excluding carboxylic acids is 2. The van der Waals surface area contributed by atoms with Crippen molar-refractivity contribution in [2.75, 3.05) is 0 Å². The average molecular weight is 227 g/mol. The molecule has 1 aliphatic carbocycles. The van der Waals surface area contributed by atoms with Crippen LogP contribution in [-0.2, 0) is 9.59 Å². The van der Waals surface area contributed by atoms with Gasteiger partial charge in [0.05, 0.1) is 6.04 Å². The van der Waals surface area contributed by atoms with Gasteiger partial charge in [-0.3, -0.25) is 9.59 Å². The first kappa shape index (κ1) is 13.0. The zero-order valence-electron chi connectivity index (χ0n) is 10.1. The molecule has 0 heterocycles. The predicted octanol–water partition coefficient (Wildman–Crippen LogP) is -0.247. The van der Waals surface area contributed by atoms with Crippen LogP contribution < -0.4 is 16.4 Å². The molecule has 0 aromatic rings. The largest absolute Gasteiger partial charge is 0.352 e. The van der Waals surface area contributed by atoms with Crippen molar-refractivity contribution in [2.24, 2.45) is 11.7 Å². The Kier molecular flexibility index (Phi) is 4.29. The minimum Gasteiger partial charge on any atom is -0.352 e. The molecule has 0 saturated heterocycles. The molecule has 0 radical (unpaired) electrons. The number of hydrogen-bond acceptors (Lipinski definition) is 3. The van der Waals surface area contributed by atoms with Crippen molar-refractivity contribution in [3.8, 4) is 0 Å². The summed E-state index contributed by atoms with van der Waals surface area (Å²) in [6.07, 6.45) is 2.08. The monoisotopic (exact) mass is 227 g/mol. The molecule has 92 valence electrons. The van der Waals surface area contributed by atoms with E-state index >= 15 is 0 Å². The van der Waals surface area contributed by atoms with Crippen LogP contribution in [0, 0.1) is 5.92 Å². The summed E-state index contributed by atoms with van der Waals surface area (Å²) in [4.78, 5) is 23.1. The lowest BCUT2D eigenvalue weighted by atomic mass is 10.0. The Morgan fingerprint density at radius 1 is 1.19 bits per heavy atom. The van der Waals surface area contributed by atoms with Crippen molar-refractivity contribution in [2.45, 2.75) is 51.7 Å². The van der Waals surface area contributed by atoms with Crippen molar-refractivity contribution in [3.05, 3.63) is 0 Å². The van der Waals surface area contributed by atoms with E-state index in [0.29, 0.717) is 6.04 Å². The van der Waals surface area contributed by atoms with Crippen LogP contribution in [0.3, 0.4) is 0 Å². The van der Waals surface area contributed by atoms with Crippen LogP contribution in [0.1, 0.15) is 33.6 Å². The summed E-state index contributed by atoms with van der Waals surface area (Å²) in [7, 11) is 0. The Hall–Kier alpha value is -1.10. The molecule has 16 heavy (non-hydrogen) atoms. The molecule has 0 aliphatic heterocycles. The maximum absolute atomic E-state index is 11.6. The van der Waals surface area contributed by atoms with Gasteiger partial charge in [-0.1, -0.05) is 13.8 Å². The van der Waals surface area contributed by atoms with Gasteiger partial charge in [0.1, 0.15) is 6.04 Å². The number of carbonyl (C=O) groups is 2. The van der Waals surface area contributed by atoms with Gasteiger partial charge in [-0.25, -0.2) is 0 Å². The summed E-state index contributed by atoms with van der Waals surface area (Å²) < 4.78 is 0. The highest BCUT2D eigenvalue weighted by molar-refractivity contribution is 5.89. The quantitative estimate of drug-likeness (QED) is 0.605. The first-order valence-electron chi connectivity index (χ1n) is 5.78. The van der Waals surface area contributed by atoms with Crippen LogP contribution in [0.25, 0.3) is 0 Å². The van der Waals surface area contributed by atoms with Gasteiger partial charge in [-0.2, -0.15) is 0 Å².